The Labute approximate surface area is 288 Å². The number of amides is 2. The molecule has 0 unspecified atom stereocenters. The van der Waals surface area contributed by atoms with Crippen LogP contribution in [0.3, 0.4) is 0 Å². The van der Waals surface area contributed by atoms with E-state index in [1.165, 1.54) is 18.4 Å². The number of benzene rings is 3. The molecule has 1 aromatic heterocycles. The number of thiazole rings is 1. The summed E-state index contributed by atoms with van der Waals surface area (Å²) in [6, 6.07) is 16.3. The molecule has 11 nitrogen and oxygen atoms in total. The van der Waals surface area contributed by atoms with Crippen molar-refractivity contribution in [3.05, 3.63) is 96.7 Å². The predicted octanol–water partition coefficient (Wildman–Crippen LogP) is 3.51. The minimum atomic E-state index is -0.776. The van der Waals surface area contributed by atoms with Crippen LogP contribution in [0.25, 0.3) is 16.8 Å². The number of allylic oxidation sites excluding steroid dienone is 1. The summed E-state index contributed by atoms with van der Waals surface area (Å²) in [5.41, 5.74) is 2.14. The third-order valence-corrected chi connectivity index (χ3v) is 9.91. The van der Waals surface area contributed by atoms with Crippen molar-refractivity contribution in [3.8, 4) is 17.2 Å². The molecular weight excluding hydrogens is 644 g/mol. The van der Waals surface area contributed by atoms with E-state index in [0.717, 1.165) is 16.3 Å². The molecule has 3 aromatic carbocycles. The molecule has 2 aliphatic heterocycles. The highest BCUT2D eigenvalue weighted by Gasteiger charge is 2.36. The molecule has 12 heteroatoms. The largest absolute Gasteiger partial charge is 0.496 e. The zero-order chi connectivity index (χ0) is 34.7. The summed E-state index contributed by atoms with van der Waals surface area (Å²) in [7, 11) is 3.12. The van der Waals surface area contributed by atoms with Crippen molar-refractivity contribution in [2.45, 2.75) is 26.8 Å². The van der Waals surface area contributed by atoms with Gasteiger partial charge in [-0.15, -0.1) is 0 Å². The summed E-state index contributed by atoms with van der Waals surface area (Å²) < 4.78 is 24.7. The van der Waals surface area contributed by atoms with E-state index >= 15 is 0 Å². The lowest BCUT2D eigenvalue weighted by Crippen LogP contribution is -2.43. The highest BCUT2D eigenvalue weighted by molar-refractivity contribution is 7.07. The molecule has 1 saturated heterocycles. The van der Waals surface area contributed by atoms with E-state index < -0.39 is 6.04 Å². The first-order valence-electron chi connectivity index (χ1n) is 16.3. The zero-order valence-electron chi connectivity index (χ0n) is 28.4. The minimum Gasteiger partial charge on any atom is -0.496 e. The van der Waals surface area contributed by atoms with Crippen molar-refractivity contribution >= 4 is 40.0 Å². The third kappa shape index (κ3) is 6.58. The zero-order valence-corrected chi connectivity index (χ0v) is 29.2. The number of rotatable bonds is 10. The second-order valence-electron chi connectivity index (χ2n) is 11.7. The Hall–Kier alpha value is -4.94. The lowest BCUT2D eigenvalue weighted by molar-refractivity contribution is -0.137. The maximum absolute atomic E-state index is 14.5. The number of fused-ring (bicyclic) bond motifs is 2. The maximum atomic E-state index is 14.5. The van der Waals surface area contributed by atoms with Gasteiger partial charge in [0.05, 0.1) is 43.2 Å². The first-order valence-corrected chi connectivity index (χ1v) is 17.1. The Morgan fingerprint density at radius 2 is 1.71 bits per heavy atom. The molecule has 0 radical (unpaired) electrons. The number of hydrogen-bond acceptors (Lipinski definition) is 9. The van der Waals surface area contributed by atoms with Crippen molar-refractivity contribution in [2.24, 2.45) is 4.99 Å². The first-order chi connectivity index (χ1) is 23.8. The molecule has 0 N–H and O–H groups in total. The van der Waals surface area contributed by atoms with E-state index in [2.05, 4.69) is 0 Å². The number of morpholine rings is 1. The standard InChI is InChI=1S/C37H40N4O7S/c1-6-39(7-2)36(44)32-23(3)38-37-41(34(32)33-26-11-9-8-10-25(26)13-15-28(33)45-4)35(43)30(49-37)21-24-12-14-27(29(20-24)46-5)48-22-31(42)40-16-18-47-19-17-40/h8-15,20-21,34H,6-7,16-19,22H2,1-5H3/b30-21-/t34-/m0/s1. The monoisotopic (exact) mass is 684 g/mol. The van der Waals surface area contributed by atoms with Gasteiger partial charge in [0, 0.05) is 31.7 Å². The Kier molecular flexibility index (Phi) is 10.2. The molecule has 6 rings (SSSR count). The van der Waals surface area contributed by atoms with Crippen LogP contribution in [0.4, 0.5) is 0 Å². The van der Waals surface area contributed by atoms with E-state index in [1.54, 1.807) is 45.8 Å². The molecule has 0 bridgehead atoms. The van der Waals surface area contributed by atoms with Gasteiger partial charge in [0.25, 0.3) is 17.4 Å². The van der Waals surface area contributed by atoms with Crippen molar-refractivity contribution < 1.29 is 28.5 Å². The van der Waals surface area contributed by atoms with Crippen LogP contribution < -0.4 is 29.1 Å². The second kappa shape index (κ2) is 14.7. The molecule has 2 amide bonds. The number of methoxy groups -OCH3 is 2. The summed E-state index contributed by atoms with van der Waals surface area (Å²) in [5.74, 6) is 1.12. The maximum Gasteiger partial charge on any atom is 0.271 e. The Balaban J connectivity index is 1.44. The summed E-state index contributed by atoms with van der Waals surface area (Å²) in [4.78, 5) is 50.1. The topological polar surface area (TPSA) is 112 Å². The Morgan fingerprint density at radius 1 is 1.00 bits per heavy atom. The van der Waals surface area contributed by atoms with Crippen LogP contribution in [0.1, 0.15) is 37.9 Å². The number of hydrogen-bond donors (Lipinski definition) is 0. The van der Waals surface area contributed by atoms with E-state index in [9.17, 15) is 14.4 Å². The van der Waals surface area contributed by atoms with Gasteiger partial charge in [0.15, 0.2) is 22.9 Å². The van der Waals surface area contributed by atoms with Gasteiger partial charge in [-0.1, -0.05) is 47.7 Å². The summed E-state index contributed by atoms with van der Waals surface area (Å²) in [6.07, 6.45) is 1.78. The summed E-state index contributed by atoms with van der Waals surface area (Å²) in [6.45, 7) is 8.70. The molecule has 49 heavy (non-hydrogen) atoms. The fraction of sp³-hybridized carbons (Fsp3) is 0.351. The van der Waals surface area contributed by atoms with Crippen molar-refractivity contribution in [1.29, 1.82) is 0 Å². The quantitative estimate of drug-likeness (QED) is 0.252. The molecule has 1 atom stereocenters. The average Bonchev–Trinajstić information content (AvgIpc) is 3.43. The highest BCUT2D eigenvalue weighted by Crippen LogP contribution is 2.40. The van der Waals surface area contributed by atoms with Crippen molar-refractivity contribution in [3.63, 3.8) is 0 Å². The lowest BCUT2D eigenvalue weighted by Gasteiger charge is -2.30. The fourth-order valence-electron chi connectivity index (χ4n) is 6.37. The smallest absolute Gasteiger partial charge is 0.271 e. The molecule has 0 saturated carbocycles. The second-order valence-corrected chi connectivity index (χ2v) is 12.7. The third-order valence-electron chi connectivity index (χ3n) is 8.93. The van der Waals surface area contributed by atoms with Gasteiger partial charge in [-0.25, -0.2) is 4.99 Å². The highest BCUT2D eigenvalue weighted by atomic mass is 32.1. The minimum absolute atomic E-state index is 0.123. The molecule has 0 aliphatic carbocycles. The number of ether oxygens (including phenoxy) is 4. The molecule has 1 fully saturated rings. The van der Waals surface area contributed by atoms with Crippen LogP contribution in [0.5, 0.6) is 17.2 Å². The van der Waals surface area contributed by atoms with E-state index in [-0.39, 0.29) is 24.0 Å². The molecule has 2 aliphatic rings. The number of nitrogens with zero attached hydrogens (tertiary/aromatic N) is 4. The predicted molar refractivity (Wildman–Crippen MR) is 188 cm³/mol. The van der Waals surface area contributed by atoms with Gasteiger partial charge < -0.3 is 28.7 Å². The first kappa shape index (κ1) is 33.9. The van der Waals surface area contributed by atoms with Crippen LogP contribution >= 0.6 is 11.3 Å². The number of carbonyl (C=O) groups excluding carboxylic acids is 2. The van der Waals surface area contributed by atoms with Crippen LogP contribution in [0, 0.1) is 0 Å². The lowest BCUT2D eigenvalue weighted by atomic mass is 9.90. The molecule has 0 spiro atoms. The van der Waals surface area contributed by atoms with E-state index in [4.69, 9.17) is 23.9 Å². The molecular formula is C37H40N4O7S. The van der Waals surface area contributed by atoms with Crippen LogP contribution in [-0.2, 0) is 14.3 Å². The summed E-state index contributed by atoms with van der Waals surface area (Å²) in [5, 5.41) is 1.85. The normalized spacial score (nSPS) is 16.3. The van der Waals surface area contributed by atoms with Crippen molar-refractivity contribution in [1.82, 2.24) is 14.4 Å². The Bertz CT molecular complexity index is 2110. The van der Waals surface area contributed by atoms with Gasteiger partial charge in [0.2, 0.25) is 0 Å². The van der Waals surface area contributed by atoms with E-state index in [1.807, 2.05) is 57.2 Å². The van der Waals surface area contributed by atoms with Crippen LogP contribution in [0.15, 0.2) is 75.7 Å². The van der Waals surface area contributed by atoms with Gasteiger partial charge in [-0.3, -0.25) is 19.0 Å². The van der Waals surface area contributed by atoms with Gasteiger partial charge in [-0.05, 0) is 61.4 Å². The Morgan fingerprint density at radius 3 is 2.43 bits per heavy atom. The average molecular weight is 685 g/mol. The summed E-state index contributed by atoms with van der Waals surface area (Å²) >= 11 is 1.25. The number of aromatic nitrogens is 1. The van der Waals surface area contributed by atoms with Gasteiger partial charge in [-0.2, -0.15) is 0 Å². The SMILES string of the molecule is CCN(CC)C(=O)C1=C(C)N=c2s/c(=C\c3ccc(OCC(=O)N4CCOCC4)c(OC)c3)c(=O)n2[C@@H]1c1c(OC)ccc2ccccc12. The van der Waals surface area contributed by atoms with Gasteiger partial charge >= 0.3 is 0 Å². The van der Waals surface area contributed by atoms with E-state index in [0.29, 0.717) is 82.8 Å². The molecule has 256 valence electrons. The van der Waals surface area contributed by atoms with Crippen molar-refractivity contribution in [2.75, 3.05) is 60.2 Å². The fourth-order valence-corrected chi connectivity index (χ4v) is 7.42. The number of carbonyl (C=O) groups is 2. The van der Waals surface area contributed by atoms with Gasteiger partial charge in [0.1, 0.15) is 11.8 Å². The molecule has 3 heterocycles. The molecule has 4 aromatic rings. The van der Waals surface area contributed by atoms with Crippen LogP contribution in [-0.4, -0.2) is 86.4 Å². The van der Waals surface area contributed by atoms with Crippen LogP contribution in [0.2, 0.25) is 0 Å². The number of likely N-dealkylation sites (N-methyl/N-ethyl adjacent to an activating group) is 1.